The molecular formula is C15H24N2O. The molecule has 18 heavy (non-hydrogen) atoms. The zero-order chi connectivity index (χ0) is 12.8. The molecule has 3 nitrogen and oxygen atoms in total. The first kappa shape index (κ1) is 13.3. The van der Waals surface area contributed by atoms with Crippen molar-refractivity contribution in [1.82, 2.24) is 4.98 Å². The maximum Gasteiger partial charge on any atom is 0.0853 e. The highest BCUT2D eigenvalue weighted by Gasteiger charge is 2.16. The van der Waals surface area contributed by atoms with Crippen LogP contribution in [0.25, 0.3) is 0 Å². The molecule has 1 aromatic heterocycles. The summed E-state index contributed by atoms with van der Waals surface area (Å²) in [6.07, 6.45) is 8.41. The Hall–Kier alpha value is -1.09. The second kappa shape index (κ2) is 6.74. The number of hydrogen-bond acceptors (Lipinski definition) is 3. The van der Waals surface area contributed by atoms with Crippen molar-refractivity contribution in [1.29, 1.82) is 0 Å². The summed E-state index contributed by atoms with van der Waals surface area (Å²) in [6.45, 7) is 4.58. The Kier molecular flexibility index (Phi) is 5.00. The molecule has 0 radical (unpaired) electrons. The summed E-state index contributed by atoms with van der Waals surface area (Å²) < 4.78 is 0. The van der Waals surface area contributed by atoms with Gasteiger partial charge in [0, 0.05) is 25.0 Å². The predicted octanol–water partition coefficient (Wildman–Crippen LogP) is 2.98. The van der Waals surface area contributed by atoms with Gasteiger partial charge in [0.1, 0.15) is 0 Å². The molecule has 0 spiro atoms. The zero-order valence-corrected chi connectivity index (χ0v) is 11.3. The highest BCUT2D eigenvalue weighted by molar-refractivity contribution is 5.46. The molecule has 0 aromatic carbocycles. The van der Waals surface area contributed by atoms with Crippen molar-refractivity contribution < 1.29 is 5.11 Å². The lowest BCUT2D eigenvalue weighted by atomic mass is 9.96. The fourth-order valence-corrected chi connectivity index (χ4v) is 2.87. The van der Waals surface area contributed by atoms with E-state index in [2.05, 4.69) is 22.9 Å². The summed E-state index contributed by atoms with van der Waals surface area (Å²) >= 11 is 0. The molecule has 1 aromatic rings. The van der Waals surface area contributed by atoms with Gasteiger partial charge in [0.25, 0.3) is 0 Å². The van der Waals surface area contributed by atoms with E-state index in [1.807, 2.05) is 6.07 Å². The molecule has 0 bridgehead atoms. The number of pyridine rings is 1. The molecule has 1 unspecified atom stereocenters. The molecule has 0 amide bonds. The van der Waals surface area contributed by atoms with Crippen LogP contribution in [0.2, 0.25) is 0 Å². The highest BCUT2D eigenvalue weighted by Crippen LogP contribution is 2.25. The highest BCUT2D eigenvalue weighted by atomic mass is 16.3. The Morgan fingerprint density at radius 1 is 1.39 bits per heavy atom. The van der Waals surface area contributed by atoms with Crippen LogP contribution < -0.4 is 4.90 Å². The van der Waals surface area contributed by atoms with Crippen LogP contribution >= 0.6 is 0 Å². The minimum absolute atomic E-state index is 0.0279. The third-order valence-electron chi connectivity index (χ3n) is 3.87. The lowest BCUT2D eigenvalue weighted by Crippen LogP contribution is -2.24. The quantitative estimate of drug-likeness (QED) is 0.890. The van der Waals surface area contributed by atoms with Gasteiger partial charge in [-0.1, -0.05) is 19.8 Å². The molecule has 3 heteroatoms. The molecule has 1 saturated heterocycles. The monoisotopic (exact) mass is 248 g/mol. The number of nitrogens with zero attached hydrogens (tertiary/aromatic N) is 2. The van der Waals surface area contributed by atoms with E-state index in [9.17, 15) is 0 Å². The Morgan fingerprint density at radius 2 is 2.28 bits per heavy atom. The number of anilines is 1. The minimum Gasteiger partial charge on any atom is -0.390 e. The van der Waals surface area contributed by atoms with Crippen LogP contribution in [0.4, 0.5) is 5.69 Å². The molecule has 2 heterocycles. The van der Waals surface area contributed by atoms with E-state index in [0.717, 1.165) is 24.7 Å². The number of aromatic nitrogens is 1. The lowest BCUT2D eigenvalue weighted by molar-refractivity contribution is 0.277. The smallest absolute Gasteiger partial charge is 0.0853 e. The topological polar surface area (TPSA) is 36.4 Å². The predicted molar refractivity (Wildman–Crippen MR) is 74.6 cm³/mol. The van der Waals surface area contributed by atoms with E-state index in [-0.39, 0.29) is 6.61 Å². The van der Waals surface area contributed by atoms with Crippen LogP contribution in [-0.2, 0) is 6.61 Å². The third-order valence-corrected chi connectivity index (χ3v) is 3.87. The van der Waals surface area contributed by atoms with Crippen LogP contribution in [0, 0.1) is 5.92 Å². The van der Waals surface area contributed by atoms with Crippen LogP contribution in [0.5, 0.6) is 0 Å². The largest absolute Gasteiger partial charge is 0.390 e. The van der Waals surface area contributed by atoms with Crippen LogP contribution in [0.1, 0.15) is 44.7 Å². The van der Waals surface area contributed by atoms with E-state index < -0.39 is 0 Å². The van der Waals surface area contributed by atoms with Crippen molar-refractivity contribution in [2.45, 2.75) is 45.6 Å². The molecule has 100 valence electrons. The first-order valence-electron chi connectivity index (χ1n) is 7.14. The molecular weight excluding hydrogens is 224 g/mol. The van der Waals surface area contributed by atoms with Gasteiger partial charge in [-0.15, -0.1) is 0 Å². The molecule has 2 rings (SSSR count). The summed E-state index contributed by atoms with van der Waals surface area (Å²) in [5, 5.41) is 9.15. The molecule has 1 fully saturated rings. The second-order valence-electron chi connectivity index (χ2n) is 5.24. The van der Waals surface area contributed by atoms with E-state index >= 15 is 0 Å². The van der Waals surface area contributed by atoms with Crippen molar-refractivity contribution in [3.8, 4) is 0 Å². The van der Waals surface area contributed by atoms with Crippen molar-refractivity contribution in [3.05, 3.63) is 24.0 Å². The Balaban J connectivity index is 2.00. The second-order valence-corrected chi connectivity index (χ2v) is 5.24. The van der Waals surface area contributed by atoms with Gasteiger partial charge in [0.15, 0.2) is 0 Å². The maximum atomic E-state index is 9.15. The number of rotatable bonds is 4. The number of aliphatic hydroxyl groups excluding tert-OH is 1. The Labute approximate surface area is 110 Å². The summed E-state index contributed by atoms with van der Waals surface area (Å²) in [7, 11) is 0. The van der Waals surface area contributed by atoms with Gasteiger partial charge >= 0.3 is 0 Å². The van der Waals surface area contributed by atoms with Gasteiger partial charge in [0.05, 0.1) is 12.3 Å². The Morgan fingerprint density at radius 3 is 3.06 bits per heavy atom. The molecule has 1 aliphatic rings. The van der Waals surface area contributed by atoms with Crippen LogP contribution in [0.15, 0.2) is 18.3 Å². The van der Waals surface area contributed by atoms with E-state index in [1.54, 1.807) is 6.20 Å². The molecule has 0 saturated carbocycles. The standard InChI is InChI=1S/C15H24N2O/c1-2-4-13-5-3-9-17(10-7-13)15-6-8-16-14(11-15)12-18/h6,8,11,13,18H,2-5,7,9-10,12H2,1H3. The summed E-state index contributed by atoms with van der Waals surface area (Å²) in [5.74, 6) is 0.902. The van der Waals surface area contributed by atoms with Crippen molar-refractivity contribution in [2.24, 2.45) is 5.92 Å². The number of hydrogen-bond donors (Lipinski definition) is 1. The minimum atomic E-state index is 0.0279. The molecule has 1 aliphatic heterocycles. The average Bonchev–Trinajstić information content (AvgIpc) is 2.65. The Bertz CT molecular complexity index is 367. The maximum absolute atomic E-state index is 9.15. The third kappa shape index (κ3) is 3.45. The SMILES string of the molecule is CCCC1CCCN(c2ccnc(CO)c2)CC1. The van der Waals surface area contributed by atoms with Crippen molar-refractivity contribution >= 4 is 5.69 Å². The van der Waals surface area contributed by atoms with Crippen molar-refractivity contribution in [3.63, 3.8) is 0 Å². The fraction of sp³-hybridized carbons (Fsp3) is 0.667. The van der Waals surface area contributed by atoms with Gasteiger partial charge in [-0.05, 0) is 37.3 Å². The van der Waals surface area contributed by atoms with Gasteiger partial charge in [-0.25, -0.2) is 0 Å². The first-order valence-corrected chi connectivity index (χ1v) is 7.14. The average molecular weight is 248 g/mol. The van der Waals surface area contributed by atoms with E-state index in [0.29, 0.717) is 0 Å². The number of aliphatic hydroxyl groups is 1. The van der Waals surface area contributed by atoms with Gasteiger partial charge in [-0.2, -0.15) is 0 Å². The summed E-state index contributed by atoms with van der Waals surface area (Å²) in [6, 6.07) is 4.07. The fourth-order valence-electron chi connectivity index (χ4n) is 2.87. The summed E-state index contributed by atoms with van der Waals surface area (Å²) in [4.78, 5) is 6.58. The van der Waals surface area contributed by atoms with Crippen molar-refractivity contribution in [2.75, 3.05) is 18.0 Å². The van der Waals surface area contributed by atoms with Crippen LogP contribution in [0.3, 0.4) is 0 Å². The van der Waals surface area contributed by atoms with Gasteiger partial charge in [0.2, 0.25) is 0 Å². The first-order chi connectivity index (χ1) is 8.83. The van der Waals surface area contributed by atoms with Gasteiger partial charge in [-0.3, -0.25) is 4.98 Å². The normalized spacial score (nSPS) is 20.8. The van der Waals surface area contributed by atoms with Crippen LogP contribution in [-0.4, -0.2) is 23.2 Å². The molecule has 1 atom stereocenters. The molecule has 0 aliphatic carbocycles. The zero-order valence-electron chi connectivity index (χ0n) is 11.3. The summed E-state index contributed by atoms with van der Waals surface area (Å²) in [5.41, 5.74) is 1.98. The van der Waals surface area contributed by atoms with E-state index in [4.69, 9.17) is 5.11 Å². The van der Waals surface area contributed by atoms with Gasteiger partial charge < -0.3 is 10.0 Å². The molecule has 1 N–H and O–H groups in total. The van der Waals surface area contributed by atoms with E-state index in [1.165, 1.54) is 37.8 Å². The lowest BCUT2D eigenvalue weighted by Gasteiger charge is -2.23.